The van der Waals surface area contributed by atoms with E-state index < -0.39 is 0 Å². The third kappa shape index (κ3) is 5.92. The summed E-state index contributed by atoms with van der Waals surface area (Å²) in [5.74, 6) is 2.82. The number of nitrogens with zero attached hydrogens (tertiary/aromatic N) is 4. The maximum Gasteiger partial charge on any atom is 0.156 e. The molecule has 0 atom stereocenters. The largest absolute Gasteiger partial charge is 0.369 e. The lowest BCUT2D eigenvalue weighted by Crippen LogP contribution is -2.21. The molecule has 7 nitrogen and oxygen atoms in total. The van der Waals surface area contributed by atoms with Crippen molar-refractivity contribution in [1.29, 1.82) is 0 Å². The molecule has 0 bridgehead atoms. The van der Waals surface area contributed by atoms with E-state index in [1.807, 2.05) is 45.3 Å². The van der Waals surface area contributed by atoms with Crippen molar-refractivity contribution in [1.82, 2.24) is 25.1 Å². The molecule has 7 heteroatoms. The van der Waals surface area contributed by atoms with E-state index in [-0.39, 0.29) is 0 Å². The van der Waals surface area contributed by atoms with Crippen LogP contribution in [-0.4, -0.2) is 52.3 Å². The number of hydrogen-bond acceptors (Lipinski definition) is 6. The molecule has 28 heavy (non-hydrogen) atoms. The lowest BCUT2D eigenvalue weighted by atomic mass is 10.1. The van der Waals surface area contributed by atoms with Gasteiger partial charge in [0, 0.05) is 30.9 Å². The molecular weight excluding hydrogens is 350 g/mol. The van der Waals surface area contributed by atoms with Gasteiger partial charge in [-0.1, -0.05) is 35.9 Å². The number of hydrogen-bond donors (Lipinski definition) is 3. The van der Waals surface area contributed by atoms with Crippen LogP contribution in [0.4, 0.5) is 17.5 Å². The van der Waals surface area contributed by atoms with Gasteiger partial charge < -0.3 is 15.5 Å². The van der Waals surface area contributed by atoms with E-state index in [0.717, 1.165) is 36.0 Å². The Morgan fingerprint density at radius 1 is 0.964 bits per heavy atom. The molecule has 0 aliphatic heterocycles. The Morgan fingerprint density at radius 3 is 2.39 bits per heavy atom. The Kier molecular flexibility index (Phi) is 6.39. The molecule has 3 N–H and O–H groups in total. The first-order valence-electron chi connectivity index (χ1n) is 9.29. The fourth-order valence-corrected chi connectivity index (χ4v) is 2.56. The Morgan fingerprint density at radius 2 is 1.71 bits per heavy atom. The molecule has 2 heterocycles. The molecule has 0 saturated carbocycles. The second-order valence-electron chi connectivity index (χ2n) is 7.03. The van der Waals surface area contributed by atoms with Crippen LogP contribution in [0.5, 0.6) is 0 Å². The molecule has 0 fully saturated rings. The first-order chi connectivity index (χ1) is 13.5. The van der Waals surface area contributed by atoms with Gasteiger partial charge in [-0.25, -0.2) is 9.97 Å². The van der Waals surface area contributed by atoms with Crippen molar-refractivity contribution in [2.45, 2.75) is 13.8 Å². The first kappa shape index (κ1) is 19.6. The highest BCUT2D eigenvalue weighted by Gasteiger charge is 2.06. The van der Waals surface area contributed by atoms with Crippen molar-refractivity contribution in [3.8, 4) is 0 Å². The fraction of sp³-hybridized carbons (Fsp3) is 0.286. The highest BCUT2D eigenvalue weighted by atomic mass is 15.2. The Bertz CT molecular complexity index is 926. The zero-order chi connectivity index (χ0) is 19.9. The van der Waals surface area contributed by atoms with Gasteiger partial charge in [0.25, 0.3) is 0 Å². The predicted octanol–water partition coefficient (Wildman–Crippen LogP) is 3.70. The van der Waals surface area contributed by atoms with Crippen molar-refractivity contribution >= 4 is 29.6 Å². The summed E-state index contributed by atoms with van der Waals surface area (Å²) < 4.78 is 0. The summed E-state index contributed by atoms with van der Waals surface area (Å²) in [5, 5.41) is 13.7. The second-order valence-corrected chi connectivity index (χ2v) is 7.03. The minimum absolute atomic E-state index is 0.630. The second kappa shape index (κ2) is 9.14. The van der Waals surface area contributed by atoms with Crippen LogP contribution >= 0.6 is 0 Å². The van der Waals surface area contributed by atoms with Crippen molar-refractivity contribution in [2.75, 3.05) is 37.8 Å². The summed E-state index contributed by atoms with van der Waals surface area (Å²) in [6.45, 7) is 5.75. The third-order valence-electron chi connectivity index (χ3n) is 4.07. The van der Waals surface area contributed by atoms with Gasteiger partial charge in [-0.05, 0) is 39.6 Å². The van der Waals surface area contributed by atoms with Gasteiger partial charge in [0.2, 0.25) is 0 Å². The van der Waals surface area contributed by atoms with Crippen molar-refractivity contribution in [3.05, 3.63) is 59.0 Å². The Labute approximate surface area is 165 Å². The summed E-state index contributed by atoms with van der Waals surface area (Å²) in [6.07, 6.45) is 3.93. The highest BCUT2D eigenvalue weighted by molar-refractivity contribution is 5.68. The molecule has 0 unspecified atom stereocenters. The molecule has 2 aromatic heterocycles. The van der Waals surface area contributed by atoms with Gasteiger partial charge in [0.1, 0.15) is 11.6 Å². The normalized spacial score (nSPS) is 11.3. The van der Waals surface area contributed by atoms with E-state index in [1.165, 1.54) is 5.56 Å². The van der Waals surface area contributed by atoms with Crippen LogP contribution in [0.2, 0.25) is 0 Å². The smallest absolute Gasteiger partial charge is 0.156 e. The molecule has 0 aliphatic rings. The quantitative estimate of drug-likeness (QED) is 0.555. The van der Waals surface area contributed by atoms with E-state index in [9.17, 15) is 0 Å². The maximum atomic E-state index is 4.61. The van der Waals surface area contributed by atoms with Gasteiger partial charge >= 0.3 is 0 Å². The average molecular weight is 377 g/mol. The number of H-pyrrole nitrogens is 1. The lowest BCUT2D eigenvalue weighted by molar-refractivity contribution is 0.425. The van der Waals surface area contributed by atoms with Crippen LogP contribution in [0.25, 0.3) is 12.2 Å². The monoisotopic (exact) mass is 377 g/mol. The van der Waals surface area contributed by atoms with Gasteiger partial charge in [-0.2, -0.15) is 5.10 Å². The fourth-order valence-electron chi connectivity index (χ4n) is 2.56. The van der Waals surface area contributed by atoms with Gasteiger partial charge in [-0.3, -0.25) is 5.10 Å². The Hall–Kier alpha value is -3.19. The first-order valence-corrected chi connectivity index (χ1v) is 9.29. The van der Waals surface area contributed by atoms with Crippen LogP contribution in [0.15, 0.2) is 36.4 Å². The number of benzene rings is 1. The van der Waals surface area contributed by atoms with E-state index >= 15 is 0 Å². The molecule has 1 aromatic carbocycles. The van der Waals surface area contributed by atoms with Crippen LogP contribution in [0.1, 0.15) is 22.6 Å². The summed E-state index contributed by atoms with van der Waals surface area (Å²) in [6, 6.07) is 12.2. The number of aromatic amines is 1. The molecule has 0 saturated heterocycles. The predicted molar refractivity (Wildman–Crippen MR) is 116 cm³/mol. The average Bonchev–Trinajstić information content (AvgIpc) is 3.05. The molecule has 0 aliphatic carbocycles. The zero-order valence-electron chi connectivity index (χ0n) is 16.8. The van der Waals surface area contributed by atoms with E-state index in [2.05, 4.69) is 66.9 Å². The minimum atomic E-state index is 0.630. The SMILES string of the molecule is Cc1ccc(C=Cc2nc(NCCN(C)C)cc(Nc3cc(C)[nH]n3)n2)cc1. The molecule has 0 amide bonds. The number of aryl methyl sites for hydroxylation is 2. The van der Waals surface area contributed by atoms with Gasteiger partial charge in [0.15, 0.2) is 11.6 Å². The molecule has 146 valence electrons. The maximum absolute atomic E-state index is 4.61. The number of nitrogens with one attached hydrogen (secondary N) is 3. The van der Waals surface area contributed by atoms with E-state index in [0.29, 0.717) is 11.6 Å². The van der Waals surface area contributed by atoms with Crippen LogP contribution in [0, 0.1) is 13.8 Å². The zero-order valence-corrected chi connectivity index (χ0v) is 16.8. The number of likely N-dealkylation sites (N-methyl/N-ethyl adjacent to an activating group) is 1. The van der Waals surface area contributed by atoms with Crippen molar-refractivity contribution in [3.63, 3.8) is 0 Å². The topological polar surface area (TPSA) is 81.8 Å². The summed E-state index contributed by atoms with van der Waals surface area (Å²) in [4.78, 5) is 11.3. The summed E-state index contributed by atoms with van der Waals surface area (Å²) >= 11 is 0. The van der Waals surface area contributed by atoms with Crippen molar-refractivity contribution in [2.24, 2.45) is 0 Å². The standard InChI is InChI=1S/C21H27N7/c1-15-5-7-17(8-6-15)9-10-18-23-19(22-11-12-28(3)4)14-20(24-18)25-21-13-16(2)26-27-21/h5-10,13-14H,11-12H2,1-4H3,(H3,22,23,24,25,26,27). The van der Waals surface area contributed by atoms with Gasteiger partial charge in [0.05, 0.1) is 0 Å². The van der Waals surface area contributed by atoms with Crippen LogP contribution in [-0.2, 0) is 0 Å². The number of aromatic nitrogens is 4. The highest BCUT2D eigenvalue weighted by Crippen LogP contribution is 2.18. The molecule has 3 aromatic rings. The van der Waals surface area contributed by atoms with Crippen molar-refractivity contribution < 1.29 is 0 Å². The summed E-state index contributed by atoms with van der Waals surface area (Å²) in [7, 11) is 4.09. The van der Waals surface area contributed by atoms with Gasteiger partial charge in [-0.15, -0.1) is 0 Å². The third-order valence-corrected chi connectivity index (χ3v) is 4.07. The lowest BCUT2D eigenvalue weighted by Gasteiger charge is -2.12. The molecule has 0 spiro atoms. The van der Waals surface area contributed by atoms with E-state index in [4.69, 9.17) is 0 Å². The molecular formula is C21H27N7. The Balaban J connectivity index is 1.81. The summed E-state index contributed by atoms with van der Waals surface area (Å²) in [5.41, 5.74) is 3.33. The number of rotatable bonds is 8. The molecule has 3 rings (SSSR count). The van der Waals surface area contributed by atoms with Crippen LogP contribution < -0.4 is 10.6 Å². The molecule has 0 radical (unpaired) electrons. The minimum Gasteiger partial charge on any atom is -0.369 e. The number of anilines is 3. The van der Waals surface area contributed by atoms with Crippen LogP contribution in [0.3, 0.4) is 0 Å². The van der Waals surface area contributed by atoms with E-state index in [1.54, 1.807) is 0 Å².